The number of nitrogens with one attached hydrogen (secondary N) is 2. The maximum Gasteiger partial charge on any atom is 0.274 e. The number of aromatic amines is 1. The smallest absolute Gasteiger partial charge is 0.274 e. The van der Waals surface area contributed by atoms with Crippen LogP contribution in [-0.2, 0) is 16.6 Å². The number of hydrogen-bond acceptors (Lipinski definition) is 3. The number of benzene rings is 1. The number of halogens is 1. The van der Waals surface area contributed by atoms with E-state index in [-0.39, 0.29) is 10.7 Å². The molecule has 0 bridgehead atoms. The number of piperazine rings is 1. The largest absolute Gasteiger partial charge is 0.325 e. The van der Waals surface area contributed by atoms with E-state index in [0.29, 0.717) is 19.6 Å². The third kappa shape index (κ3) is 4.51. The number of hydrogen-bond donors (Lipinski definition) is 1. The minimum atomic E-state index is -3.45. The molecule has 0 amide bonds. The summed E-state index contributed by atoms with van der Waals surface area (Å²) in [6.45, 7) is 8.74. The monoisotopic (exact) mass is 408 g/mol. The zero-order chi connectivity index (χ0) is 20.1. The topological polar surface area (TPSA) is 59.2 Å². The van der Waals surface area contributed by atoms with Crippen molar-refractivity contribution in [3.8, 4) is 0 Å². The van der Waals surface area contributed by atoms with Crippen molar-refractivity contribution >= 4 is 15.8 Å². The molecule has 0 saturated carbocycles. The molecule has 1 aliphatic heterocycles. The Morgan fingerprint density at radius 2 is 1.79 bits per heavy atom. The van der Waals surface area contributed by atoms with Crippen LogP contribution in [0.2, 0.25) is 0 Å². The Kier molecular flexibility index (Phi) is 6.64. The molecule has 1 saturated heterocycles. The van der Waals surface area contributed by atoms with E-state index in [1.165, 1.54) is 15.3 Å². The van der Waals surface area contributed by atoms with Gasteiger partial charge in [0.15, 0.2) is 0 Å². The first-order valence-corrected chi connectivity index (χ1v) is 11.2. The van der Waals surface area contributed by atoms with Crippen LogP contribution in [-0.4, -0.2) is 52.0 Å². The minimum absolute atomic E-state index is 0.143. The fraction of sp³-hybridized carbons (Fsp3) is 0.450. The lowest BCUT2D eigenvalue weighted by molar-refractivity contribution is -0.914. The van der Waals surface area contributed by atoms with Crippen molar-refractivity contribution in [3.05, 3.63) is 54.0 Å². The molecule has 2 heterocycles. The van der Waals surface area contributed by atoms with Gasteiger partial charge in [0.25, 0.3) is 5.82 Å². The number of anilines is 1. The molecule has 8 heteroatoms. The zero-order valence-electron chi connectivity index (χ0n) is 16.5. The van der Waals surface area contributed by atoms with Gasteiger partial charge in [0.2, 0.25) is 10.0 Å². The Morgan fingerprint density at radius 3 is 2.36 bits per heavy atom. The van der Waals surface area contributed by atoms with Gasteiger partial charge >= 0.3 is 0 Å². The van der Waals surface area contributed by atoms with E-state index in [2.05, 4.69) is 9.88 Å². The number of nitrogens with zero attached hydrogens (tertiary/aromatic N) is 2. The quantitative estimate of drug-likeness (QED) is 0.729. The molecule has 0 radical (unpaired) electrons. The summed E-state index contributed by atoms with van der Waals surface area (Å²) in [5.74, 6) is 0.763. The maximum atomic E-state index is 13.8. The number of H-pyrrole nitrogens is 1. The number of rotatable bonds is 7. The standard InChI is InChI=1S/C20H27FN4O2S/c1-3-25(4-2)28(26,27)18-9-10-20(22-15-18)24-13-11-23(12-14-24)16-17-7-5-6-8-19(17)21/h5-10,15H,3-4,11-14,16H2,1-2H3/p+2. The Hall–Kier alpha value is -2.03. The number of aromatic nitrogens is 1. The molecule has 0 unspecified atom stereocenters. The van der Waals surface area contributed by atoms with Crippen molar-refractivity contribution in [3.63, 3.8) is 0 Å². The molecule has 1 aromatic carbocycles. The third-order valence-electron chi connectivity index (χ3n) is 5.32. The third-order valence-corrected chi connectivity index (χ3v) is 7.37. The molecule has 2 aromatic rings. The lowest BCUT2D eigenvalue weighted by atomic mass is 10.2. The molecule has 2 N–H and O–H groups in total. The van der Waals surface area contributed by atoms with Gasteiger partial charge < -0.3 is 4.90 Å². The second kappa shape index (κ2) is 8.98. The molecule has 1 fully saturated rings. The van der Waals surface area contributed by atoms with Gasteiger partial charge in [0.1, 0.15) is 49.6 Å². The molecule has 6 nitrogen and oxygen atoms in total. The second-order valence-corrected chi connectivity index (χ2v) is 8.94. The Bertz CT molecular complexity index is 877. The molecular formula is C20H29FN4O2S+2. The normalized spacial score (nSPS) is 15.9. The van der Waals surface area contributed by atoms with Crippen LogP contribution in [0.15, 0.2) is 47.5 Å². The zero-order valence-corrected chi connectivity index (χ0v) is 17.3. The van der Waals surface area contributed by atoms with Gasteiger partial charge in [-0.2, -0.15) is 4.31 Å². The molecule has 0 spiro atoms. The molecule has 1 aromatic heterocycles. The van der Waals surface area contributed by atoms with Gasteiger partial charge in [0.05, 0.1) is 0 Å². The van der Waals surface area contributed by atoms with E-state index in [9.17, 15) is 12.8 Å². The molecule has 28 heavy (non-hydrogen) atoms. The van der Waals surface area contributed by atoms with Gasteiger partial charge in [-0.1, -0.05) is 32.0 Å². The van der Waals surface area contributed by atoms with Crippen molar-refractivity contribution in [2.45, 2.75) is 25.3 Å². The molecule has 0 atom stereocenters. The first-order valence-electron chi connectivity index (χ1n) is 9.79. The number of quaternary nitrogens is 1. The van der Waals surface area contributed by atoms with Crippen molar-refractivity contribution in [1.82, 2.24) is 4.31 Å². The summed E-state index contributed by atoms with van der Waals surface area (Å²) < 4.78 is 40.5. The summed E-state index contributed by atoms with van der Waals surface area (Å²) in [5.41, 5.74) is 0.753. The minimum Gasteiger partial charge on any atom is -0.325 e. The summed E-state index contributed by atoms with van der Waals surface area (Å²) in [6.07, 6.45) is 1.57. The molecule has 152 valence electrons. The van der Waals surface area contributed by atoms with Crippen LogP contribution in [0.1, 0.15) is 19.4 Å². The van der Waals surface area contributed by atoms with E-state index >= 15 is 0 Å². The van der Waals surface area contributed by atoms with Crippen LogP contribution in [0.4, 0.5) is 10.2 Å². The predicted molar refractivity (Wildman–Crippen MR) is 106 cm³/mol. The average Bonchev–Trinajstić information content (AvgIpc) is 2.71. The Labute approximate surface area is 166 Å². The fourth-order valence-electron chi connectivity index (χ4n) is 3.62. The van der Waals surface area contributed by atoms with Gasteiger partial charge in [0, 0.05) is 24.7 Å². The van der Waals surface area contributed by atoms with Crippen LogP contribution in [0.3, 0.4) is 0 Å². The highest BCUT2D eigenvalue weighted by atomic mass is 32.2. The van der Waals surface area contributed by atoms with E-state index in [1.54, 1.807) is 18.3 Å². The van der Waals surface area contributed by atoms with E-state index in [0.717, 1.165) is 37.6 Å². The van der Waals surface area contributed by atoms with Crippen molar-refractivity contribution in [2.24, 2.45) is 0 Å². The lowest BCUT2D eigenvalue weighted by Crippen LogP contribution is -3.13. The first-order chi connectivity index (χ1) is 13.5. The summed E-state index contributed by atoms with van der Waals surface area (Å²) >= 11 is 0. The molecule has 3 rings (SSSR count). The highest BCUT2D eigenvalue weighted by Gasteiger charge is 2.28. The van der Waals surface area contributed by atoms with Gasteiger partial charge in [-0.05, 0) is 12.1 Å². The van der Waals surface area contributed by atoms with Crippen LogP contribution < -0.4 is 14.8 Å². The van der Waals surface area contributed by atoms with Crippen molar-refractivity contribution in [1.29, 1.82) is 0 Å². The number of pyridine rings is 1. The SMILES string of the molecule is CCN(CC)S(=O)(=O)c1ccc(N2CC[NH+](Cc3ccccc3F)CC2)[nH+]c1. The Morgan fingerprint density at radius 1 is 1.11 bits per heavy atom. The van der Waals surface area contributed by atoms with Crippen LogP contribution in [0, 0.1) is 5.82 Å². The van der Waals surface area contributed by atoms with E-state index in [1.807, 2.05) is 32.0 Å². The molecule has 0 aliphatic carbocycles. The van der Waals surface area contributed by atoms with E-state index in [4.69, 9.17) is 0 Å². The Balaban J connectivity index is 1.61. The summed E-state index contributed by atoms with van der Waals surface area (Å²) in [7, 11) is -3.45. The highest BCUT2D eigenvalue weighted by Crippen LogP contribution is 2.16. The van der Waals surface area contributed by atoms with Gasteiger partial charge in [-0.25, -0.2) is 17.8 Å². The molecule has 1 aliphatic rings. The molecular weight excluding hydrogens is 379 g/mol. The highest BCUT2D eigenvalue weighted by molar-refractivity contribution is 7.89. The first kappa shape index (κ1) is 20.7. The summed E-state index contributed by atoms with van der Waals surface area (Å²) in [6, 6.07) is 10.4. The lowest BCUT2D eigenvalue weighted by Gasteiger charge is -2.28. The maximum absolute atomic E-state index is 13.8. The van der Waals surface area contributed by atoms with Gasteiger partial charge in [-0.15, -0.1) is 0 Å². The van der Waals surface area contributed by atoms with Crippen LogP contribution in [0.25, 0.3) is 0 Å². The number of sulfonamides is 1. The van der Waals surface area contributed by atoms with Gasteiger partial charge in [-0.3, -0.25) is 4.90 Å². The van der Waals surface area contributed by atoms with Crippen molar-refractivity contribution < 1.29 is 22.7 Å². The summed E-state index contributed by atoms with van der Waals surface area (Å²) in [5, 5.41) is 0. The van der Waals surface area contributed by atoms with Crippen LogP contribution >= 0.6 is 0 Å². The second-order valence-electron chi connectivity index (χ2n) is 7.00. The summed E-state index contributed by atoms with van der Waals surface area (Å²) in [4.78, 5) is 6.98. The fourth-order valence-corrected chi connectivity index (χ4v) is 5.05. The predicted octanol–water partition coefficient (Wildman–Crippen LogP) is 0.575. The average molecular weight is 409 g/mol. The van der Waals surface area contributed by atoms with Crippen LogP contribution in [0.5, 0.6) is 0 Å². The van der Waals surface area contributed by atoms with Crippen molar-refractivity contribution in [2.75, 3.05) is 44.2 Å². The van der Waals surface area contributed by atoms with E-state index < -0.39 is 10.0 Å².